The molecule has 1 heterocycles. The fraction of sp³-hybridized carbons (Fsp3) is 0.182. The molecule has 0 N–H and O–H groups in total. The molecule has 0 saturated heterocycles. The Morgan fingerprint density at radius 3 is 2.85 bits per heavy atom. The lowest BCUT2D eigenvalue weighted by Crippen LogP contribution is -1.93. The minimum Gasteiger partial charge on any atom is -0.241 e. The van der Waals surface area contributed by atoms with Gasteiger partial charge in [-0.05, 0) is 25.5 Å². The average molecular weight is 174 g/mol. The Balaban J connectivity index is 2.91. The van der Waals surface area contributed by atoms with Crippen molar-refractivity contribution in [2.45, 2.75) is 13.8 Å². The smallest absolute Gasteiger partial charge is 0.0603 e. The van der Waals surface area contributed by atoms with Crippen molar-refractivity contribution in [2.75, 3.05) is 0 Å². The van der Waals surface area contributed by atoms with E-state index in [0.717, 1.165) is 11.3 Å². The van der Waals surface area contributed by atoms with E-state index in [1.165, 1.54) is 0 Å². The van der Waals surface area contributed by atoms with Crippen LogP contribution >= 0.6 is 0 Å². The fourth-order valence-corrected chi connectivity index (χ4v) is 1.03. The van der Waals surface area contributed by atoms with Crippen LogP contribution in [-0.2, 0) is 0 Å². The summed E-state index contributed by atoms with van der Waals surface area (Å²) in [4.78, 5) is 0. The molecule has 1 aromatic heterocycles. The van der Waals surface area contributed by atoms with Crippen molar-refractivity contribution >= 4 is 5.70 Å². The number of nitrogens with zero attached hydrogens (tertiary/aromatic N) is 2. The standard InChI is InChI=1S/C11H14N2/c1-4-6-7-11(5-2)13-9-10(3)8-12-13/h4-9H,1H2,2-3H3/b7-6-,11-5+. The molecule has 0 unspecified atom stereocenters. The number of aryl methyl sites for hydroxylation is 1. The Morgan fingerprint density at radius 2 is 2.38 bits per heavy atom. The predicted octanol–water partition coefficient (Wildman–Crippen LogP) is 2.79. The average Bonchev–Trinajstić information content (AvgIpc) is 2.54. The Hall–Kier alpha value is -1.57. The molecule has 0 aliphatic heterocycles. The molecule has 1 rings (SSSR count). The Labute approximate surface area is 78.9 Å². The lowest BCUT2D eigenvalue weighted by Gasteiger charge is -1.99. The van der Waals surface area contributed by atoms with Gasteiger partial charge in [-0.15, -0.1) is 0 Å². The number of rotatable bonds is 3. The SMILES string of the molecule is C=C/C=C\C(=C/C)n1cc(C)cn1. The highest BCUT2D eigenvalue weighted by molar-refractivity contribution is 5.56. The minimum atomic E-state index is 1.05. The van der Waals surface area contributed by atoms with Crippen molar-refractivity contribution < 1.29 is 0 Å². The van der Waals surface area contributed by atoms with Gasteiger partial charge >= 0.3 is 0 Å². The third-order valence-electron chi connectivity index (χ3n) is 1.68. The fourth-order valence-electron chi connectivity index (χ4n) is 1.03. The second-order valence-corrected chi connectivity index (χ2v) is 2.77. The summed E-state index contributed by atoms with van der Waals surface area (Å²) < 4.78 is 1.84. The summed E-state index contributed by atoms with van der Waals surface area (Å²) in [6, 6.07) is 0. The number of allylic oxidation sites excluding steroid dienone is 5. The van der Waals surface area contributed by atoms with Gasteiger partial charge in [0.25, 0.3) is 0 Å². The maximum atomic E-state index is 4.20. The summed E-state index contributed by atoms with van der Waals surface area (Å²) in [5.74, 6) is 0. The van der Waals surface area contributed by atoms with Gasteiger partial charge in [-0.3, -0.25) is 0 Å². The van der Waals surface area contributed by atoms with E-state index in [0.29, 0.717) is 0 Å². The number of hydrogen-bond donors (Lipinski definition) is 0. The molecule has 0 amide bonds. The molecule has 0 spiro atoms. The van der Waals surface area contributed by atoms with Gasteiger partial charge in [0.1, 0.15) is 0 Å². The normalized spacial score (nSPS) is 12.3. The largest absolute Gasteiger partial charge is 0.241 e. The zero-order valence-electron chi connectivity index (χ0n) is 8.07. The van der Waals surface area contributed by atoms with E-state index >= 15 is 0 Å². The van der Waals surface area contributed by atoms with Gasteiger partial charge in [0.2, 0.25) is 0 Å². The molecule has 1 aromatic rings. The van der Waals surface area contributed by atoms with E-state index in [9.17, 15) is 0 Å². The molecule has 2 nitrogen and oxygen atoms in total. The summed E-state index contributed by atoms with van der Waals surface area (Å²) >= 11 is 0. The summed E-state index contributed by atoms with van der Waals surface area (Å²) in [6.45, 7) is 7.63. The van der Waals surface area contributed by atoms with Crippen molar-refractivity contribution in [1.82, 2.24) is 9.78 Å². The monoisotopic (exact) mass is 174 g/mol. The van der Waals surface area contributed by atoms with E-state index < -0.39 is 0 Å². The van der Waals surface area contributed by atoms with Crippen LogP contribution in [0.2, 0.25) is 0 Å². The first kappa shape index (κ1) is 9.52. The van der Waals surface area contributed by atoms with Gasteiger partial charge in [0.05, 0.1) is 11.9 Å². The van der Waals surface area contributed by atoms with Crippen molar-refractivity contribution in [2.24, 2.45) is 0 Å². The van der Waals surface area contributed by atoms with Crippen molar-refractivity contribution in [3.8, 4) is 0 Å². The zero-order valence-corrected chi connectivity index (χ0v) is 8.07. The van der Waals surface area contributed by atoms with Crippen LogP contribution in [0.25, 0.3) is 5.70 Å². The minimum absolute atomic E-state index is 1.05. The van der Waals surface area contributed by atoms with Gasteiger partial charge in [-0.1, -0.05) is 24.8 Å². The molecule has 0 fully saturated rings. The highest BCUT2D eigenvalue weighted by Crippen LogP contribution is 2.06. The van der Waals surface area contributed by atoms with Crippen LogP contribution < -0.4 is 0 Å². The van der Waals surface area contributed by atoms with Crippen molar-refractivity contribution in [1.29, 1.82) is 0 Å². The Bertz CT molecular complexity index is 343. The third-order valence-corrected chi connectivity index (χ3v) is 1.68. The van der Waals surface area contributed by atoms with Gasteiger partial charge in [0, 0.05) is 6.20 Å². The third kappa shape index (κ3) is 2.44. The molecule has 0 aliphatic carbocycles. The van der Waals surface area contributed by atoms with E-state index in [1.807, 2.05) is 49.2 Å². The molecule has 0 bridgehead atoms. The molecular weight excluding hydrogens is 160 g/mol. The van der Waals surface area contributed by atoms with Gasteiger partial charge in [0.15, 0.2) is 0 Å². The second-order valence-electron chi connectivity index (χ2n) is 2.77. The predicted molar refractivity (Wildman–Crippen MR) is 56.2 cm³/mol. The molecule has 0 atom stereocenters. The van der Waals surface area contributed by atoms with E-state index in [4.69, 9.17) is 0 Å². The van der Waals surface area contributed by atoms with E-state index in [1.54, 1.807) is 6.08 Å². The maximum Gasteiger partial charge on any atom is 0.0603 e. The lowest BCUT2D eigenvalue weighted by molar-refractivity contribution is 0.908. The first-order chi connectivity index (χ1) is 6.27. The summed E-state index contributed by atoms with van der Waals surface area (Å²) in [5.41, 5.74) is 2.21. The highest BCUT2D eigenvalue weighted by Gasteiger charge is 1.95. The molecule has 0 aromatic carbocycles. The highest BCUT2D eigenvalue weighted by atomic mass is 15.3. The van der Waals surface area contributed by atoms with Crippen LogP contribution in [0.3, 0.4) is 0 Å². The molecule has 2 heteroatoms. The van der Waals surface area contributed by atoms with Crippen molar-refractivity contribution in [3.63, 3.8) is 0 Å². The number of hydrogen-bond acceptors (Lipinski definition) is 1. The molecule has 0 radical (unpaired) electrons. The molecule has 13 heavy (non-hydrogen) atoms. The first-order valence-electron chi connectivity index (χ1n) is 4.25. The van der Waals surface area contributed by atoms with E-state index in [-0.39, 0.29) is 0 Å². The summed E-state index contributed by atoms with van der Waals surface area (Å²) in [6.07, 6.45) is 11.5. The summed E-state index contributed by atoms with van der Waals surface area (Å²) in [5, 5.41) is 4.20. The van der Waals surface area contributed by atoms with Gasteiger partial charge in [-0.25, -0.2) is 4.68 Å². The number of aromatic nitrogens is 2. The second kappa shape index (κ2) is 4.45. The van der Waals surface area contributed by atoms with Crippen LogP contribution in [0.5, 0.6) is 0 Å². The van der Waals surface area contributed by atoms with Crippen LogP contribution in [-0.4, -0.2) is 9.78 Å². The van der Waals surface area contributed by atoms with E-state index in [2.05, 4.69) is 11.7 Å². The maximum absolute atomic E-state index is 4.20. The molecule has 0 saturated carbocycles. The van der Waals surface area contributed by atoms with Crippen LogP contribution in [0.15, 0.2) is 43.3 Å². The Morgan fingerprint density at radius 1 is 1.62 bits per heavy atom. The van der Waals surface area contributed by atoms with Crippen LogP contribution in [0.1, 0.15) is 12.5 Å². The topological polar surface area (TPSA) is 17.8 Å². The van der Waals surface area contributed by atoms with Gasteiger partial charge < -0.3 is 0 Å². The first-order valence-corrected chi connectivity index (χ1v) is 4.25. The summed E-state index contributed by atoms with van der Waals surface area (Å²) in [7, 11) is 0. The van der Waals surface area contributed by atoms with Crippen LogP contribution in [0.4, 0.5) is 0 Å². The molecule has 68 valence electrons. The Kier molecular flexibility index (Phi) is 3.26. The lowest BCUT2D eigenvalue weighted by atomic mass is 10.3. The molecule has 0 aliphatic rings. The van der Waals surface area contributed by atoms with Gasteiger partial charge in [-0.2, -0.15) is 5.10 Å². The van der Waals surface area contributed by atoms with Crippen LogP contribution in [0, 0.1) is 6.92 Å². The quantitative estimate of drug-likeness (QED) is 0.644. The molecular formula is C11H14N2. The zero-order chi connectivity index (χ0) is 9.68. The van der Waals surface area contributed by atoms with Crippen molar-refractivity contribution in [3.05, 3.63) is 48.8 Å².